The molecular weight excluding hydrogens is 414 g/mol. The standard InChI is InChI=1S/C21H17BrF2N2O/c1-13-10-15(8-9-25-13)21(26-27)12-19(14-2-4-16(22)5-3-14)18-7-6-17(23)11-20(18)24/h2-11,19,27H,12H2,1H3/b26-21-/t19-/m1/s1. The molecular formula is C21H17BrF2N2O. The molecule has 0 saturated heterocycles. The van der Waals surface area contributed by atoms with Gasteiger partial charge in [0.25, 0.3) is 0 Å². The van der Waals surface area contributed by atoms with Crippen molar-refractivity contribution in [2.24, 2.45) is 5.16 Å². The molecule has 2 aromatic carbocycles. The minimum Gasteiger partial charge on any atom is -0.411 e. The predicted octanol–water partition coefficient (Wildman–Crippen LogP) is 5.83. The maximum atomic E-state index is 14.5. The van der Waals surface area contributed by atoms with E-state index in [1.165, 1.54) is 12.1 Å². The fraction of sp³-hybridized carbons (Fsp3) is 0.143. The second-order valence-electron chi connectivity index (χ2n) is 6.21. The molecule has 0 spiro atoms. The van der Waals surface area contributed by atoms with E-state index in [1.807, 2.05) is 31.2 Å². The average Bonchev–Trinajstić information content (AvgIpc) is 2.64. The lowest BCUT2D eigenvalue weighted by Gasteiger charge is -2.20. The summed E-state index contributed by atoms with van der Waals surface area (Å²) in [7, 11) is 0. The van der Waals surface area contributed by atoms with Crippen molar-refractivity contribution in [1.82, 2.24) is 4.98 Å². The van der Waals surface area contributed by atoms with Gasteiger partial charge in [-0.2, -0.15) is 0 Å². The molecule has 0 unspecified atom stereocenters. The van der Waals surface area contributed by atoms with Gasteiger partial charge in [-0.05, 0) is 48.4 Å². The Hall–Kier alpha value is -2.60. The lowest BCUT2D eigenvalue weighted by atomic mass is 9.85. The first kappa shape index (κ1) is 19.2. The van der Waals surface area contributed by atoms with Crippen LogP contribution in [0.3, 0.4) is 0 Å². The molecule has 0 radical (unpaired) electrons. The van der Waals surface area contributed by atoms with Crippen LogP contribution in [0.25, 0.3) is 0 Å². The zero-order chi connectivity index (χ0) is 19.4. The van der Waals surface area contributed by atoms with E-state index in [-0.39, 0.29) is 6.42 Å². The van der Waals surface area contributed by atoms with E-state index in [1.54, 1.807) is 18.3 Å². The van der Waals surface area contributed by atoms with Gasteiger partial charge in [0.05, 0.1) is 5.71 Å². The molecule has 1 aromatic heterocycles. The van der Waals surface area contributed by atoms with Crippen LogP contribution in [0.4, 0.5) is 8.78 Å². The second-order valence-corrected chi connectivity index (χ2v) is 7.12. The molecule has 1 heterocycles. The van der Waals surface area contributed by atoms with Crippen LogP contribution in [0.2, 0.25) is 0 Å². The van der Waals surface area contributed by atoms with E-state index in [0.29, 0.717) is 16.8 Å². The molecule has 0 aliphatic heterocycles. The third kappa shape index (κ3) is 4.57. The summed E-state index contributed by atoms with van der Waals surface area (Å²) >= 11 is 3.39. The quantitative estimate of drug-likeness (QED) is 0.314. The normalized spacial score (nSPS) is 12.8. The van der Waals surface area contributed by atoms with E-state index in [0.717, 1.165) is 21.8 Å². The number of aryl methyl sites for hydroxylation is 1. The Balaban J connectivity index is 2.05. The monoisotopic (exact) mass is 430 g/mol. The molecule has 0 fully saturated rings. The van der Waals surface area contributed by atoms with Crippen LogP contribution in [-0.4, -0.2) is 15.9 Å². The number of pyridine rings is 1. The topological polar surface area (TPSA) is 45.5 Å². The van der Waals surface area contributed by atoms with Gasteiger partial charge in [-0.3, -0.25) is 4.98 Å². The highest BCUT2D eigenvalue weighted by molar-refractivity contribution is 9.10. The summed E-state index contributed by atoms with van der Waals surface area (Å²) < 4.78 is 28.8. The van der Waals surface area contributed by atoms with Crippen molar-refractivity contribution >= 4 is 21.6 Å². The first-order valence-corrected chi connectivity index (χ1v) is 9.11. The third-order valence-corrected chi connectivity index (χ3v) is 4.89. The molecule has 0 aliphatic rings. The van der Waals surface area contributed by atoms with Gasteiger partial charge in [-0.15, -0.1) is 0 Å². The van der Waals surface area contributed by atoms with Gasteiger partial charge in [0.2, 0.25) is 0 Å². The Morgan fingerprint density at radius 2 is 1.85 bits per heavy atom. The van der Waals surface area contributed by atoms with Gasteiger partial charge in [-0.1, -0.05) is 39.3 Å². The third-order valence-electron chi connectivity index (χ3n) is 4.36. The SMILES string of the molecule is Cc1cc(/C(C[C@H](c2ccc(Br)cc2)c2ccc(F)cc2F)=N\O)ccn1. The van der Waals surface area contributed by atoms with Crippen LogP contribution >= 0.6 is 15.9 Å². The first-order valence-electron chi connectivity index (χ1n) is 8.32. The number of oxime groups is 1. The lowest BCUT2D eigenvalue weighted by Crippen LogP contribution is -2.12. The molecule has 3 rings (SSSR count). The average molecular weight is 431 g/mol. The van der Waals surface area contributed by atoms with E-state index in [9.17, 15) is 14.0 Å². The largest absolute Gasteiger partial charge is 0.411 e. The molecule has 3 nitrogen and oxygen atoms in total. The van der Waals surface area contributed by atoms with E-state index >= 15 is 0 Å². The smallest absolute Gasteiger partial charge is 0.129 e. The molecule has 138 valence electrons. The van der Waals surface area contributed by atoms with Crippen molar-refractivity contribution in [3.05, 3.63) is 99.3 Å². The van der Waals surface area contributed by atoms with Crippen LogP contribution in [0.1, 0.15) is 34.7 Å². The summed E-state index contributed by atoms with van der Waals surface area (Å²) in [6.07, 6.45) is 1.87. The summed E-state index contributed by atoms with van der Waals surface area (Å²) in [4.78, 5) is 4.14. The zero-order valence-corrected chi connectivity index (χ0v) is 16.1. The number of hydrogen-bond donors (Lipinski definition) is 1. The van der Waals surface area contributed by atoms with Gasteiger partial charge < -0.3 is 5.21 Å². The Kier molecular flexibility index (Phi) is 5.96. The van der Waals surface area contributed by atoms with Crippen LogP contribution in [-0.2, 0) is 0 Å². The molecule has 0 saturated carbocycles. The van der Waals surface area contributed by atoms with Crippen molar-refractivity contribution in [2.45, 2.75) is 19.3 Å². The number of nitrogens with zero attached hydrogens (tertiary/aromatic N) is 2. The molecule has 3 aromatic rings. The van der Waals surface area contributed by atoms with Gasteiger partial charge in [-0.25, -0.2) is 8.78 Å². The summed E-state index contributed by atoms with van der Waals surface area (Å²) in [6.45, 7) is 1.84. The Morgan fingerprint density at radius 3 is 2.48 bits per heavy atom. The molecule has 1 N–H and O–H groups in total. The second kappa shape index (κ2) is 8.39. The minimum absolute atomic E-state index is 0.240. The first-order chi connectivity index (χ1) is 13.0. The van der Waals surface area contributed by atoms with Crippen molar-refractivity contribution in [2.75, 3.05) is 0 Å². The number of aromatic nitrogens is 1. The highest BCUT2D eigenvalue weighted by atomic mass is 79.9. The lowest BCUT2D eigenvalue weighted by molar-refractivity contribution is 0.317. The number of halogens is 3. The Labute approximate surface area is 164 Å². The van der Waals surface area contributed by atoms with Crippen molar-refractivity contribution in [3.63, 3.8) is 0 Å². The van der Waals surface area contributed by atoms with E-state index < -0.39 is 17.6 Å². The van der Waals surface area contributed by atoms with Gasteiger partial charge in [0.15, 0.2) is 0 Å². The van der Waals surface area contributed by atoms with Crippen molar-refractivity contribution in [3.8, 4) is 0 Å². The number of benzene rings is 2. The molecule has 0 amide bonds. The van der Waals surface area contributed by atoms with Crippen molar-refractivity contribution in [1.29, 1.82) is 0 Å². The van der Waals surface area contributed by atoms with Crippen LogP contribution in [0, 0.1) is 18.6 Å². The van der Waals surface area contributed by atoms with Gasteiger partial charge in [0, 0.05) is 40.3 Å². The summed E-state index contributed by atoms with van der Waals surface area (Å²) in [5.41, 5.74) is 3.05. The van der Waals surface area contributed by atoms with Gasteiger partial charge in [0.1, 0.15) is 11.6 Å². The van der Waals surface area contributed by atoms with E-state index in [4.69, 9.17) is 0 Å². The van der Waals surface area contributed by atoms with E-state index in [2.05, 4.69) is 26.1 Å². The summed E-state index contributed by atoms with van der Waals surface area (Å²) in [5.74, 6) is -1.71. The molecule has 0 bridgehead atoms. The zero-order valence-electron chi connectivity index (χ0n) is 14.5. The summed E-state index contributed by atoms with van der Waals surface area (Å²) in [5, 5.41) is 13.0. The molecule has 0 aliphatic carbocycles. The Morgan fingerprint density at radius 1 is 1.11 bits per heavy atom. The Bertz CT molecular complexity index is 974. The van der Waals surface area contributed by atoms with Crippen molar-refractivity contribution < 1.29 is 14.0 Å². The van der Waals surface area contributed by atoms with Crippen LogP contribution < -0.4 is 0 Å². The van der Waals surface area contributed by atoms with Crippen LogP contribution in [0.5, 0.6) is 0 Å². The fourth-order valence-electron chi connectivity index (χ4n) is 3.02. The predicted molar refractivity (Wildman–Crippen MR) is 104 cm³/mol. The fourth-order valence-corrected chi connectivity index (χ4v) is 3.29. The van der Waals surface area contributed by atoms with Crippen LogP contribution in [0.15, 0.2) is 70.4 Å². The number of hydrogen-bond acceptors (Lipinski definition) is 3. The maximum absolute atomic E-state index is 14.5. The summed E-state index contributed by atoms with van der Waals surface area (Å²) in [6, 6.07) is 14.5. The molecule has 1 atom stereocenters. The molecule has 6 heteroatoms. The minimum atomic E-state index is -0.633. The van der Waals surface area contributed by atoms with Gasteiger partial charge >= 0.3 is 0 Å². The number of rotatable bonds is 5. The maximum Gasteiger partial charge on any atom is 0.129 e. The highest BCUT2D eigenvalue weighted by Crippen LogP contribution is 2.32. The highest BCUT2D eigenvalue weighted by Gasteiger charge is 2.22. The molecule has 27 heavy (non-hydrogen) atoms.